The second kappa shape index (κ2) is 8.94. The molecule has 0 aliphatic carbocycles. The van der Waals surface area contributed by atoms with Gasteiger partial charge in [-0.2, -0.15) is 0 Å². The van der Waals surface area contributed by atoms with Crippen LogP contribution in [0.2, 0.25) is 0 Å². The van der Waals surface area contributed by atoms with Crippen molar-refractivity contribution in [1.29, 1.82) is 0 Å². The Balaban J connectivity index is 1.99. The summed E-state index contributed by atoms with van der Waals surface area (Å²) in [5.41, 5.74) is 0.315. The maximum atomic E-state index is 12.8. The second-order valence-electron chi connectivity index (χ2n) is 7.27. The minimum Gasteiger partial charge on any atom is -0.459 e. The van der Waals surface area contributed by atoms with Crippen LogP contribution in [0.5, 0.6) is 0 Å². The molecule has 1 aliphatic rings. The fourth-order valence-electron chi connectivity index (χ4n) is 2.86. The van der Waals surface area contributed by atoms with E-state index < -0.39 is 5.60 Å². The zero-order valence-electron chi connectivity index (χ0n) is 15.4. The molecule has 0 aromatic carbocycles. The van der Waals surface area contributed by atoms with E-state index in [9.17, 15) is 9.59 Å². The predicted molar refractivity (Wildman–Crippen MR) is 94.0 cm³/mol. The quantitative estimate of drug-likeness (QED) is 0.738. The van der Waals surface area contributed by atoms with Crippen molar-refractivity contribution in [3.63, 3.8) is 0 Å². The van der Waals surface area contributed by atoms with E-state index in [-0.39, 0.29) is 24.5 Å². The first-order valence-electron chi connectivity index (χ1n) is 8.84. The summed E-state index contributed by atoms with van der Waals surface area (Å²) in [5.74, 6) is -0.409. The molecule has 25 heavy (non-hydrogen) atoms. The number of hydrogen-bond acceptors (Lipinski definition) is 5. The standard InChI is InChI=1S/C19H28N2O4/c1-19(2,3)25-18(23)14-21(16-9-12-24-13-10-16)17(22)8-7-15-6-4-5-11-20-15/h4-6,11,16H,7-10,12-14H2,1-3H3. The van der Waals surface area contributed by atoms with Gasteiger partial charge in [-0.05, 0) is 52.2 Å². The summed E-state index contributed by atoms with van der Waals surface area (Å²) in [4.78, 5) is 30.9. The summed E-state index contributed by atoms with van der Waals surface area (Å²) in [7, 11) is 0. The Labute approximate surface area is 149 Å². The number of aromatic nitrogens is 1. The van der Waals surface area contributed by atoms with Gasteiger partial charge in [0.25, 0.3) is 0 Å². The van der Waals surface area contributed by atoms with Crippen molar-refractivity contribution in [2.75, 3.05) is 19.8 Å². The van der Waals surface area contributed by atoms with Crippen molar-refractivity contribution in [1.82, 2.24) is 9.88 Å². The van der Waals surface area contributed by atoms with Gasteiger partial charge in [0.1, 0.15) is 12.1 Å². The van der Waals surface area contributed by atoms with E-state index in [4.69, 9.17) is 9.47 Å². The molecule has 0 saturated carbocycles. The SMILES string of the molecule is CC(C)(C)OC(=O)CN(C(=O)CCc1ccccn1)C1CCOCC1. The normalized spacial score (nSPS) is 15.6. The first-order chi connectivity index (χ1) is 11.8. The Kier molecular flexibility index (Phi) is 6.93. The number of nitrogens with zero attached hydrogens (tertiary/aromatic N) is 2. The molecule has 1 aromatic heterocycles. The lowest BCUT2D eigenvalue weighted by Gasteiger charge is -2.34. The monoisotopic (exact) mass is 348 g/mol. The molecule has 1 fully saturated rings. The highest BCUT2D eigenvalue weighted by Gasteiger charge is 2.29. The van der Waals surface area contributed by atoms with E-state index >= 15 is 0 Å². The first kappa shape index (κ1) is 19.4. The number of hydrogen-bond donors (Lipinski definition) is 0. The largest absolute Gasteiger partial charge is 0.459 e. The second-order valence-corrected chi connectivity index (χ2v) is 7.27. The molecule has 1 amide bonds. The fraction of sp³-hybridized carbons (Fsp3) is 0.632. The highest BCUT2D eigenvalue weighted by atomic mass is 16.6. The van der Waals surface area contributed by atoms with Gasteiger partial charge in [-0.15, -0.1) is 0 Å². The first-order valence-corrected chi connectivity index (χ1v) is 8.84. The van der Waals surface area contributed by atoms with Gasteiger partial charge in [-0.25, -0.2) is 0 Å². The summed E-state index contributed by atoms with van der Waals surface area (Å²) in [5, 5.41) is 0. The summed E-state index contributed by atoms with van der Waals surface area (Å²) < 4.78 is 10.8. The van der Waals surface area contributed by atoms with Crippen LogP contribution in [0.15, 0.2) is 24.4 Å². The Morgan fingerprint density at radius 2 is 2.00 bits per heavy atom. The van der Waals surface area contributed by atoms with Crippen molar-refractivity contribution in [3.8, 4) is 0 Å². The van der Waals surface area contributed by atoms with Crippen molar-refractivity contribution in [2.24, 2.45) is 0 Å². The number of amides is 1. The molecule has 1 aromatic rings. The highest BCUT2D eigenvalue weighted by Crippen LogP contribution is 2.17. The predicted octanol–water partition coefficient (Wildman–Crippen LogP) is 2.36. The fourth-order valence-corrected chi connectivity index (χ4v) is 2.86. The van der Waals surface area contributed by atoms with E-state index in [0.29, 0.717) is 26.1 Å². The number of rotatable bonds is 6. The summed E-state index contributed by atoms with van der Waals surface area (Å²) in [6, 6.07) is 5.68. The molecule has 138 valence electrons. The van der Waals surface area contributed by atoms with Gasteiger partial charge in [0, 0.05) is 37.6 Å². The molecular weight excluding hydrogens is 320 g/mol. The number of carbonyl (C=O) groups excluding carboxylic acids is 2. The number of aryl methyl sites for hydroxylation is 1. The zero-order chi connectivity index (χ0) is 18.3. The van der Waals surface area contributed by atoms with Crippen LogP contribution in [-0.2, 0) is 25.5 Å². The lowest BCUT2D eigenvalue weighted by Crippen LogP contribution is -2.47. The maximum Gasteiger partial charge on any atom is 0.326 e. The Hall–Kier alpha value is -1.95. The van der Waals surface area contributed by atoms with Gasteiger partial charge >= 0.3 is 5.97 Å². The van der Waals surface area contributed by atoms with Crippen molar-refractivity contribution >= 4 is 11.9 Å². The number of pyridine rings is 1. The van der Waals surface area contributed by atoms with Crippen LogP contribution in [-0.4, -0.2) is 53.2 Å². The average Bonchev–Trinajstić information content (AvgIpc) is 2.58. The van der Waals surface area contributed by atoms with Crippen LogP contribution >= 0.6 is 0 Å². The Morgan fingerprint density at radius 1 is 1.28 bits per heavy atom. The summed E-state index contributed by atoms with van der Waals surface area (Å²) in [6.45, 7) is 6.70. The highest BCUT2D eigenvalue weighted by molar-refractivity contribution is 5.82. The topological polar surface area (TPSA) is 68.7 Å². The van der Waals surface area contributed by atoms with Crippen molar-refractivity contribution in [2.45, 2.75) is 58.1 Å². The van der Waals surface area contributed by atoms with Gasteiger partial charge in [-0.3, -0.25) is 14.6 Å². The van der Waals surface area contributed by atoms with Crippen molar-refractivity contribution in [3.05, 3.63) is 30.1 Å². The molecule has 0 atom stereocenters. The Morgan fingerprint density at radius 3 is 2.60 bits per heavy atom. The minimum atomic E-state index is -0.560. The number of ether oxygens (including phenoxy) is 2. The van der Waals surface area contributed by atoms with Gasteiger partial charge in [0.15, 0.2) is 0 Å². The molecule has 1 saturated heterocycles. The molecule has 6 heteroatoms. The molecule has 0 radical (unpaired) electrons. The molecule has 2 heterocycles. The summed E-state index contributed by atoms with van der Waals surface area (Å²) in [6.07, 6.45) is 4.11. The van der Waals surface area contributed by atoms with Gasteiger partial charge in [-0.1, -0.05) is 6.07 Å². The van der Waals surface area contributed by atoms with E-state index in [1.807, 2.05) is 39.0 Å². The molecular formula is C19H28N2O4. The van der Waals surface area contributed by atoms with Crippen molar-refractivity contribution < 1.29 is 19.1 Å². The van der Waals surface area contributed by atoms with Crippen LogP contribution in [0, 0.1) is 0 Å². The van der Waals surface area contributed by atoms with Crippen LogP contribution in [0.4, 0.5) is 0 Å². The number of carbonyl (C=O) groups is 2. The minimum absolute atomic E-state index is 0.0109. The smallest absolute Gasteiger partial charge is 0.326 e. The molecule has 0 bridgehead atoms. The maximum absolute atomic E-state index is 12.8. The molecule has 6 nitrogen and oxygen atoms in total. The molecule has 2 rings (SSSR count). The van der Waals surface area contributed by atoms with E-state index in [1.54, 1.807) is 11.1 Å². The molecule has 1 aliphatic heterocycles. The van der Waals surface area contributed by atoms with E-state index in [0.717, 1.165) is 18.5 Å². The average molecular weight is 348 g/mol. The third-order valence-corrected chi connectivity index (χ3v) is 3.99. The van der Waals surface area contributed by atoms with Gasteiger partial charge < -0.3 is 14.4 Å². The third-order valence-electron chi connectivity index (χ3n) is 3.99. The zero-order valence-corrected chi connectivity index (χ0v) is 15.4. The lowest BCUT2D eigenvalue weighted by molar-refractivity contribution is -0.161. The van der Waals surface area contributed by atoms with E-state index in [1.165, 1.54) is 0 Å². The van der Waals surface area contributed by atoms with Crippen LogP contribution in [0.3, 0.4) is 0 Å². The molecule has 0 unspecified atom stereocenters. The van der Waals surface area contributed by atoms with Gasteiger partial charge in [0.05, 0.1) is 0 Å². The van der Waals surface area contributed by atoms with E-state index in [2.05, 4.69) is 4.98 Å². The van der Waals surface area contributed by atoms with Gasteiger partial charge in [0.2, 0.25) is 5.91 Å². The third kappa shape index (κ3) is 6.82. The van der Waals surface area contributed by atoms with Crippen LogP contribution in [0.1, 0.15) is 45.7 Å². The number of esters is 1. The molecule has 0 spiro atoms. The molecule has 0 N–H and O–H groups in total. The van der Waals surface area contributed by atoms with Crippen LogP contribution in [0.25, 0.3) is 0 Å². The Bertz CT molecular complexity index is 563. The lowest BCUT2D eigenvalue weighted by atomic mass is 10.1. The van der Waals surface area contributed by atoms with Crippen LogP contribution < -0.4 is 0 Å². The summed E-state index contributed by atoms with van der Waals surface area (Å²) >= 11 is 0.